The summed E-state index contributed by atoms with van der Waals surface area (Å²) in [4.78, 5) is 0. The minimum Gasteiger partial charge on any atom is -0.378 e. The van der Waals surface area contributed by atoms with E-state index in [1.54, 1.807) is 0 Å². The largest absolute Gasteiger partial charge is 0.378 e. The Balaban J connectivity index is 4.01. The lowest BCUT2D eigenvalue weighted by Crippen LogP contribution is -2.30. The third kappa shape index (κ3) is 9.07. The van der Waals surface area contributed by atoms with Gasteiger partial charge >= 0.3 is 0 Å². The van der Waals surface area contributed by atoms with Gasteiger partial charge in [0.15, 0.2) is 0 Å². The summed E-state index contributed by atoms with van der Waals surface area (Å²) in [6.07, 6.45) is 12.0. The Labute approximate surface area is 130 Å². The molecule has 0 radical (unpaired) electrons. The molecule has 116 valence electrons. The predicted molar refractivity (Wildman–Crippen MR) is 90.2 cm³/mol. The lowest BCUT2D eigenvalue weighted by atomic mass is 9.82. The van der Waals surface area contributed by atoms with E-state index in [1.807, 2.05) is 0 Å². The average molecular weight is 335 g/mol. The lowest BCUT2D eigenvalue weighted by Gasteiger charge is -2.32. The van der Waals surface area contributed by atoms with Crippen molar-refractivity contribution in [2.45, 2.75) is 91.6 Å². The summed E-state index contributed by atoms with van der Waals surface area (Å²) in [7, 11) is 0. The second kappa shape index (κ2) is 12.2. The number of hydrogen-bond donors (Lipinski definition) is 0. The van der Waals surface area contributed by atoms with E-state index in [4.69, 9.17) is 4.74 Å². The molecule has 0 aromatic heterocycles. The van der Waals surface area contributed by atoms with Crippen LogP contribution in [-0.2, 0) is 4.74 Å². The van der Waals surface area contributed by atoms with Gasteiger partial charge in [0.2, 0.25) is 0 Å². The minimum atomic E-state index is 0.362. The van der Waals surface area contributed by atoms with E-state index in [2.05, 4.69) is 43.6 Å². The first-order chi connectivity index (χ1) is 9.14. The smallest absolute Gasteiger partial charge is 0.0547 e. The Morgan fingerprint density at radius 2 is 1.58 bits per heavy atom. The second-order valence-electron chi connectivity index (χ2n) is 6.10. The molecule has 0 aliphatic carbocycles. The van der Waals surface area contributed by atoms with Crippen LogP contribution in [0.15, 0.2) is 0 Å². The molecule has 0 spiro atoms. The van der Waals surface area contributed by atoms with E-state index >= 15 is 0 Å². The molecule has 0 bridgehead atoms. The van der Waals surface area contributed by atoms with Crippen LogP contribution >= 0.6 is 15.9 Å². The van der Waals surface area contributed by atoms with Gasteiger partial charge in [0.05, 0.1) is 12.7 Å². The van der Waals surface area contributed by atoms with E-state index in [0.29, 0.717) is 11.5 Å². The Kier molecular flexibility index (Phi) is 12.5. The van der Waals surface area contributed by atoms with E-state index in [9.17, 15) is 0 Å². The molecule has 0 aliphatic heterocycles. The van der Waals surface area contributed by atoms with Crippen molar-refractivity contribution in [1.82, 2.24) is 0 Å². The van der Waals surface area contributed by atoms with Crippen molar-refractivity contribution in [2.75, 3.05) is 11.9 Å². The van der Waals surface area contributed by atoms with Crippen molar-refractivity contribution >= 4 is 15.9 Å². The van der Waals surface area contributed by atoms with Crippen molar-refractivity contribution in [3.05, 3.63) is 0 Å². The van der Waals surface area contributed by atoms with Crippen molar-refractivity contribution in [3.8, 4) is 0 Å². The fourth-order valence-electron chi connectivity index (χ4n) is 2.76. The summed E-state index contributed by atoms with van der Waals surface area (Å²) in [5.41, 5.74) is 0.362. The number of rotatable bonds is 13. The molecule has 0 heterocycles. The molecule has 0 saturated carbocycles. The molecule has 2 heteroatoms. The molecule has 0 aromatic rings. The number of ether oxygens (including phenoxy) is 1. The van der Waals surface area contributed by atoms with E-state index in [0.717, 1.165) is 11.9 Å². The minimum absolute atomic E-state index is 0.362. The summed E-state index contributed by atoms with van der Waals surface area (Å²) in [5.74, 6) is 0. The molecular weight excluding hydrogens is 300 g/mol. The Bertz CT molecular complexity index is 188. The maximum absolute atomic E-state index is 6.15. The third-order valence-corrected chi connectivity index (χ3v) is 5.17. The van der Waals surface area contributed by atoms with Crippen LogP contribution < -0.4 is 0 Å². The van der Waals surface area contributed by atoms with Gasteiger partial charge in [-0.2, -0.15) is 0 Å². The highest BCUT2D eigenvalue weighted by Crippen LogP contribution is 2.33. The number of alkyl halides is 1. The van der Waals surface area contributed by atoms with Gasteiger partial charge in [-0.25, -0.2) is 0 Å². The summed E-state index contributed by atoms with van der Waals surface area (Å²) in [6, 6.07) is 0. The standard InChI is InChI=1S/C17H35BrO/c1-5-8-9-10-11-16(4)19-15-17(14-18,12-6-2)13-7-3/h16H,5-15H2,1-4H3. The number of unbranched alkanes of at least 4 members (excludes halogenated alkanes) is 3. The van der Waals surface area contributed by atoms with Crippen LogP contribution in [0.1, 0.15) is 85.5 Å². The Morgan fingerprint density at radius 1 is 0.947 bits per heavy atom. The normalized spacial score (nSPS) is 13.7. The highest BCUT2D eigenvalue weighted by atomic mass is 79.9. The summed E-state index contributed by atoms with van der Waals surface area (Å²) >= 11 is 3.72. The first kappa shape index (κ1) is 19.4. The SMILES string of the molecule is CCCCCCC(C)OCC(CBr)(CCC)CCC. The second-order valence-corrected chi connectivity index (χ2v) is 6.67. The molecule has 0 aliphatic rings. The molecule has 0 aromatic carbocycles. The van der Waals surface area contributed by atoms with Gasteiger partial charge in [0, 0.05) is 10.7 Å². The van der Waals surface area contributed by atoms with Crippen LogP contribution in [0.4, 0.5) is 0 Å². The van der Waals surface area contributed by atoms with Crippen LogP contribution in [0.3, 0.4) is 0 Å². The van der Waals surface area contributed by atoms with E-state index in [-0.39, 0.29) is 0 Å². The Hall–Kier alpha value is 0.440. The third-order valence-electron chi connectivity index (χ3n) is 3.98. The highest BCUT2D eigenvalue weighted by Gasteiger charge is 2.28. The monoisotopic (exact) mass is 334 g/mol. The topological polar surface area (TPSA) is 9.23 Å². The van der Waals surface area contributed by atoms with Gasteiger partial charge in [-0.1, -0.05) is 75.2 Å². The quantitative estimate of drug-likeness (QED) is 0.282. The first-order valence-corrected chi connectivity index (χ1v) is 9.43. The summed E-state index contributed by atoms with van der Waals surface area (Å²) < 4.78 is 6.15. The average Bonchev–Trinajstić information content (AvgIpc) is 2.41. The van der Waals surface area contributed by atoms with Crippen LogP contribution in [0.25, 0.3) is 0 Å². The lowest BCUT2D eigenvalue weighted by molar-refractivity contribution is -0.00410. The number of halogens is 1. The van der Waals surface area contributed by atoms with Gasteiger partial charge in [0.1, 0.15) is 0 Å². The van der Waals surface area contributed by atoms with Gasteiger partial charge in [-0.3, -0.25) is 0 Å². The molecule has 1 atom stereocenters. The molecule has 0 amide bonds. The molecule has 19 heavy (non-hydrogen) atoms. The molecule has 1 unspecified atom stereocenters. The summed E-state index contributed by atoms with van der Waals surface area (Å²) in [5, 5.41) is 1.07. The van der Waals surface area contributed by atoms with Crippen LogP contribution in [0.2, 0.25) is 0 Å². The molecule has 1 nitrogen and oxygen atoms in total. The molecule has 0 saturated heterocycles. The van der Waals surface area contributed by atoms with Gasteiger partial charge in [-0.05, 0) is 26.2 Å². The van der Waals surface area contributed by atoms with Gasteiger partial charge in [0.25, 0.3) is 0 Å². The molecular formula is C17H35BrO. The Morgan fingerprint density at radius 3 is 2.05 bits per heavy atom. The molecule has 0 rings (SSSR count). The highest BCUT2D eigenvalue weighted by molar-refractivity contribution is 9.09. The van der Waals surface area contributed by atoms with Gasteiger partial charge in [-0.15, -0.1) is 0 Å². The van der Waals surface area contributed by atoms with Crippen molar-refractivity contribution < 1.29 is 4.74 Å². The zero-order valence-corrected chi connectivity index (χ0v) is 15.2. The fourth-order valence-corrected chi connectivity index (χ4v) is 3.49. The van der Waals surface area contributed by atoms with Gasteiger partial charge < -0.3 is 4.74 Å². The zero-order valence-electron chi connectivity index (χ0n) is 13.6. The molecule has 0 N–H and O–H groups in total. The van der Waals surface area contributed by atoms with Crippen LogP contribution in [0.5, 0.6) is 0 Å². The van der Waals surface area contributed by atoms with E-state index in [1.165, 1.54) is 57.8 Å². The zero-order chi connectivity index (χ0) is 14.6. The van der Waals surface area contributed by atoms with Crippen LogP contribution in [-0.4, -0.2) is 18.0 Å². The van der Waals surface area contributed by atoms with Crippen LogP contribution in [0, 0.1) is 5.41 Å². The van der Waals surface area contributed by atoms with Crippen molar-refractivity contribution in [3.63, 3.8) is 0 Å². The van der Waals surface area contributed by atoms with Crippen molar-refractivity contribution in [2.24, 2.45) is 5.41 Å². The fraction of sp³-hybridized carbons (Fsp3) is 1.00. The first-order valence-electron chi connectivity index (χ1n) is 8.31. The maximum atomic E-state index is 6.15. The maximum Gasteiger partial charge on any atom is 0.0547 e. The predicted octanol–water partition coefficient (Wildman–Crippen LogP) is 6.34. The summed E-state index contributed by atoms with van der Waals surface area (Å²) in [6.45, 7) is 9.99. The van der Waals surface area contributed by atoms with E-state index < -0.39 is 0 Å². The van der Waals surface area contributed by atoms with Crippen molar-refractivity contribution in [1.29, 1.82) is 0 Å². The molecule has 0 fully saturated rings. The number of hydrogen-bond acceptors (Lipinski definition) is 1.